The predicted octanol–water partition coefficient (Wildman–Crippen LogP) is 1.83. The number of hydrogen-bond donors (Lipinski definition) is 2. The van der Waals surface area contributed by atoms with Gasteiger partial charge in [-0.2, -0.15) is 4.98 Å². The van der Waals surface area contributed by atoms with Crippen LogP contribution >= 0.6 is 0 Å². The molecule has 1 amide bonds. The Bertz CT molecular complexity index is 822. The summed E-state index contributed by atoms with van der Waals surface area (Å²) in [5.74, 6) is 1.47. The highest BCUT2D eigenvalue weighted by Crippen LogP contribution is 2.46. The largest absolute Gasteiger partial charge is 0.347 e. The lowest BCUT2D eigenvalue weighted by atomic mass is 9.97. The lowest BCUT2D eigenvalue weighted by molar-refractivity contribution is -0.133. The summed E-state index contributed by atoms with van der Waals surface area (Å²) in [5.41, 5.74) is 8.70. The summed E-state index contributed by atoms with van der Waals surface area (Å²) >= 11 is 0. The van der Waals surface area contributed by atoms with E-state index in [1.807, 2.05) is 54.2 Å². The molecule has 1 saturated heterocycles. The lowest BCUT2D eigenvalue weighted by Gasteiger charge is -2.36. The first-order chi connectivity index (χ1) is 12.6. The number of carbonyl (C=O) groups is 1. The van der Waals surface area contributed by atoms with Gasteiger partial charge < -0.3 is 20.9 Å². The van der Waals surface area contributed by atoms with Crippen LogP contribution in [0.25, 0.3) is 0 Å². The Morgan fingerprint density at radius 1 is 1.27 bits per heavy atom. The molecule has 3 N–H and O–H groups in total. The Hall–Kier alpha value is -2.67. The molecule has 2 bridgehead atoms. The van der Waals surface area contributed by atoms with Gasteiger partial charge in [-0.25, -0.2) is 4.98 Å². The van der Waals surface area contributed by atoms with Gasteiger partial charge in [-0.15, -0.1) is 0 Å². The number of carbonyl (C=O) groups excluding carboxylic acids is 1. The van der Waals surface area contributed by atoms with Gasteiger partial charge in [0.1, 0.15) is 5.82 Å². The SMILES string of the molecule is CN(C)c1nc2c(c(Nc3ccccc3)n1)[C@H]1CC[C@@H](C2)N1C(=O)CN. The molecule has 0 spiro atoms. The highest BCUT2D eigenvalue weighted by molar-refractivity contribution is 5.80. The predicted molar refractivity (Wildman–Crippen MR) is 101 cm³/mol. The van der Waals surface area contributed by atoms with Crippen molar-refractivity contribution in [3.05, 3.63) is 41.6 Å². The molecule has 2 aliphatic rings. The molecular weight excluding hydrogens is 328 g/mol. The van der Waals surface area contributed by atoms with E-state index in [9.17, 15) is 4.79 Å². The van der Waals surface area contributed by atoms with Crippen molar-refractivity contribution in [2.45, 2.75) is 31.3 Å². The third-order valence-corrected chi connectivity index (χ3v) is 5.18. The number of aromatic nitrogens is 2. The quantitative estimate of drug-likeness (QED) is 0.873. The maximum Gasteiger partial charge on any atom is 0.237 e. The minimum absolute atomic E-state index is 0.00206. The topological polar surface area (TPSA) is 87.4 Å². The fourth-order valence-electron chi connectivity index (χ4n) is 4.03. The molecule has 7 heteroatoms. The minimum Gasteiger partial charge on any atom is -0.347 e. The second-order valence-electron chi connectivity index (χ2n) is 7.07. The highest BCUT2D eigenvalue weighted by Gasteiger charge is 2.44. The van der Waals surface area contributed by atoms with Crippen LogP contribution in [-0.2, 0) is 11.2 Å². The van der Waals surface area contributed by atoms with Gasteiger partial charge in [0, 0.05) is 37.8 Å². The number of nitrogens with zero attached hydrogens (tertiary/aromatic N) is 4. The molecule has 136 valence electrons. The molecule has 2 aliphatic heterocycles. The smallest absolute Gasteiger partial charge is 0.237 e. The number of amides is 1. The van der Waals surface area contributed by atoms with E-state index in [1.54, 1.807) is 0 Å². The van der Waals surface area contributed by atoms with E-state index >= 15 is 0 Å². The van der Waals surface area contributed by atoms with Crippen LogP contribution in [0, 0.1) is 0 Å². The average molecular weight is 352 g/mol. The van der Waals surface area contributed by atoms with Crippen molar-refractivity contribution in [2.24, 2.45) is 5.73 Å². The van der Waals surface area contributed by atoms with Crippen LogP contribution in [0.15, 0.2) is 30.3 Å². The Labute approximate surface area is 153 Å². The van der Waals surface area contributed by atoms with Crippen LogP contribution in [-0.4, -0.2) is 47.5 Å². The van der Waals surface area contributed by atoms with E-state index in [0.717, 1.165) is 42.0 Å². The summed E-state index contributed by atoms with van der Waals surface area (Å²) < 4.78 is 0. The third-order valence-electron chi connectivity index (χ3n) is 5.18. The van der Waals surface area contributed by atoms with Crippen LogP contribution in [0.1, 0.15) is 30.1 Å². The molecular formula is C19H24N6O. The molecule has 1 fully saturated rings. The standard InChI is InChI=1S/C19H24N6O/c1-24(2)19-22-14-10-13-8-9-15(25(13)16(26)11-20)17(14)18(23-19)21-12-6-4-3-5-7-12/h3-7,13,15H,8-11,20H2,1-2H3,(H,21,22,23)/t13-,15+/m0/s1. The number of para-hydroxylation sites is 1. The summed E-state index contributed by atoms with van der Waals surface area (Å²) in [4.78, 5) is 25.8. The molecule has 2 aromatic rings. The molecule has 3 heterocycles. The molecule has 2 atom stereocenters. The fourth-order valence-corrected chi connectivity index (χ4v) is 4.03. The number of nitrogens with one attached hydrogen (secondary N) is 1. The van der Waals surface area contributed by atoms with Crippen molar-refractivity contribution in [3.8, 4) is 0 Å². The zero-order valence-corrected chi connectivity index (χ0v) is 15.1. The van der Waals surface area contributed by atoms with Gasteiger partial charge >= 0.3 is 0 Å². The first-order valence-corrected chi connectivity index (χ1v) is 9.00. The number of hydrogen-bond acceptors (Lipinski definition) is 6. The van der Waals surface area contributed by atoms with Crippen LogP contribution < -0.4 is 16.0 Å². The van der Waals surface area contributed by atoms with Crippen molar-refractivity contribution in [1.82, 2.24) is 14.9 Å². The van der Waals surface area contributed by atoms with Crippen LogP contribution in [0.2, 0.25) is 0 Å². The first kappa shape index (κ1) is 16.8. The zero-order valence-electron chi connectivity index (χ0n) is 15.1. The second kappa shape index (κ2) is 6.57. The molecule has 0 unspecified atom stereocenters. The van der Waals surface area contributed by atoms with Gasteiger partial charge in [0.25, 0.3) is 0 Å². The summed E-state index contributed by atoms with van der Waals surface area (Å²) in [6.45, 7) is 0.0421. The molecule has 0 radical (unpaired) electrons. The number of rotatable bonds is 4. The third kappa shape index (κ3) is 2.78. The summed E-state index contributed by atoms with van der Waals surface area (Å²) in [6.07, 6.45) is 2.66. The van der Waals surface area contributed by atoms with Gasteiger partial charge in [-0.3, -0.25) is 4.79 Å². The van der Waals surface area contributed by atoms with E-state index in [2.05, 4.69) is 5.32 Å². The van der Waals surface area contributed by atoms with Gasteiger partial charge in [0.05, 0.1) is 18.3 Å². The normalized spacial score (nSPS) is 20.7. The van der Waals surface area contributed by atoms with Crippen molar-refractivity contribution in [3.63, 3.8) is 0 Å². The second-order valence-corrected chi connectivity index (χ2v) is 7.07. The van der Waals surface area contributed by atoms with Crippen molar-refractivity contribution in [1.29, 1.82) is 0 Å². The molecule has 7 nitrogen and oxygen atoms in total. The van der Waals surface area contributed by atoms with Crippen molar-refractivity contribution < 1.29 is 4.79 Å². The molecule has 26 heavy (non-hydrogen) atoms. The summed E-state index contributed by atoms with van der Waals surface area (Å²) in [7, 11) is 3.88. The maximum absolute atomic E-state index is 12.4. The van der Waals surface area contributed by atoms with E-state index in [4.69, 9.17) is 15.7 Å². The van der Waals surface area contributed by atoms with Gasteiger partial charge in [-0.05, 0) is 25.0 Å². The van der Waals surface area contributed by atoms with Crippen LogP contribution in [0.5, 0.6) is 0 Å². The molecule has 0 aliphatic carbocycles. The Morgan fingerprint density at radius 2 is 2.04 bits per heavy atom. The Kier molecular flexibility index (Phi) is 4.24. The number of anilines is 3. The number of benzene rings is 1. The van der Waals surface area contributed by atoms with Gasteiger partial charge in [-0.1, -0.05) is 18.2 Å². The lowest BCUT2D eigenvalue weighted by Crippen LogP contribution is -2.45. The van der Waals surface area contributed by atoms with Crippen LogP contribution in [0.3, 0.4) is 0 Å². The average Bonchev–Trinajstić information content (AvgIpc) is 2.95. The first-order valence-electron chi connectivity index (χ1n) is 9.00. The Balaban J connectivity index is 1.81. The number of fused-ring (bicyclic) bond motifs is 4. The minimum atomic E-state index is 0.00206. The molecule has 1 aromatic carbocycles. The van der Waals surface area contributed by atoms with Crippen molar-refractivity contribution >= 4 is 23.4 Å². The highest BCUT2D eigenvalue weighted by atomic mass is 16.2. The van der Waals surface area contributed by atoms with E-state index in [1.165, 1.54) is 0 Å². The van der Waals surface area contributed by atoms with Gasteiger partial charge in [0.2, 0.25) is 11.9 Å². The summed E-state index contributed by atoms with van der Waals surface area (Å²) in [5, 5.41) is 3.44. The van der Waals surface area contributed by atoms with E-state index < -0.39 is 0 Å². The number of nitrogens with two attached hydrogens (primary N) is 1. The summed E-state index contributed by atoms with van der Waals surface area (Å²) in [6, 6.07) is 10.2. The molecule has 4 rings (SSSR count). The van der Waals surface area contributed by atoms with Crippen LogP contribution in [0.4, 0.5) is 17.5 Å². The van der Waals surface area contributed by atoms with Gasteiger partial charge in [0.15, 0.2) is 0 Å². The molecule has 1 aromatic heterocycles. The van der Waals surface area contributed by atoms with Crippen molar-refractivity contribution in [2.75, 3.05) is 30.9 Å². The molecule has 0 saturated carbocycles. The monoisotopic (exact) mass is 352 g/mol. The fraction of sp³-hybridized carbons (Fsp3) is 0.421. The van der Waals surface area contributed by atoms with E-state index in [0.29, 0.717) is 5.95 Å². The van der Waals surface area contributed by atoms with E-state index in [-0.39, 0.29) is 24.5 Å². The Morgan fingerprint density at radius 3 is 2.73 bits per heavy atom. The zero-order chi connectivity index (χ0) is 18.3. The maximum atomic E-state index is 12.4.